The van der Waals surface area contributed by atoms with E-state index in [9.17, 15) is 9.90 Å². The number of benzene rings is 4. The van der Waals surface area contributed by atoms with Crippen LogP contribution >= 0.6 is 11.6 Å². The molecule has 1 atom stereocenters. The van der Waals surface area contributed by atoms with Crippen molar-refractivity contribution in [1.29, 1.82) is 0 Å². The van der Waals surface area contributed by atoms with Crippen molar-refractivity contribution < 1.29 is 19.4 Å². The summed E-state index contributed by atoms with van der Waals surface area (Å²) in [7, 11) is 1.64. The number of halogens is 1. The average Bonchev–Trinajstić information content (AvgIpc) is 3.55. The minimum atomic E-state index is -0.425. The Bertz CT molecular complexity index is 1670. The van der Waals surface area contributed by atoms with E-state index in [0.29, 0.717) is 47.1 Å². The third kappa shape index (κ3) is 5.36. The molecule has 41 heavy (non-hydrogen) atoms. The molecule has 0 spiro atoms. The van der Waals surface area contributed by atoms with Crippen molar-refractivity contribution in [3.63, 3.8) is 0 Å². The predicted molar refractivity (Wildman–Crippen MR) is 157 cm³/mol. The van der Waals surface area contributed by atoms with Crippen LogP contribution in [0.4, 0.5) is 0 Å². The van der Waals surface area contributed by atoms with Crippen LogP contribution in [0, 0.1) is 0 Å². The van der Waals surface area contributed by atoms with Crippen LogP contribution in [0.3, 0.4) is 0 Å². The molecular weight excluding hydrogens is 538 g/mol. The van der Waals surface area contributed by atoms with Gasteiger partial charge in [0.25, 0.3) is 5.91 Å². The second-order valence-electron chi connectivity index (χ2n) is 9.86. The Morgan fingerprint density at radius 2 is 1.66 bits per heavy atom. The van der Waals surface area contributed by atoms with Gasteiger partial charge >= 0.3 is 0 Å². The van der Waals surface area contributed by atoms with Crippen molar-refractivity contribution in [3.8, 4) is 28.5 Å². The minimum absolute atomic E-state index is 0.0382. The molecule has 1 aliphatic rings. The standard InChI is InChI=1S/C33H28ClN3O4/c1-40-25-12-7-21(8-13-25)17-18-37-32(23-9-14-26(15-10-23)41-20-22-5-3-2-4-6-22)29-30(35-36-31(29)33(37)39)27-19-24(34)11-16-28(27)38/h2-16,19,32,38H,17-18,20H2,1H3,(H,35,36). The number of fused-ring (bicyclic) bond motifs is 1. The molecule has 4 aromatic carbocycles. The number of carbonyl (C=O) groups excluding carboxylic acids is 1. The lowest BCUT2D eigenvalue weighted by Gasteiger charge is -2.27. The van der Waals surface area contributed by atoms with E-state index in [1.54, 1.807) is 19.2 Å². The molecule has 7 nitrogen and oxygen atoms in total. The maximum absolute atomic E-state index is 13.7. The van der Waals surface area contributed by atoms with Gasteiger partial charge in [-0.05, 0) is 65.6 Å². The van der Waals surface area contributed by atoms with Gasteiger partial charge in [-0.3, -0.25) is 9.89 Å². The average molecular weight is 566 g/mol. The van der Waals surface area contributed by atoms with Crippen LogP contribution in [0.25, 0.3) is 11.3 Å². The smallest absolute Gasteiger partial charge is 0.273 e. The molecule has 2 N–H and O–H groups in total. The lowest BCUT2D eigenvalue weighted by Crippen LogP contribution is -2.31. The number of phenols is 1. The Labute approximate surface area is 242 Å². The number of aromatic amines is 1. The molecule has 1 aromatic heterocycles. The number of hydrogen-bond acceptors (Lipinski definition) is 5. The first-order valence-corrected chi connectivity index (χ1v) is 13.7. The third-order valence-corrected chi connectivity index (χ3v) is 7.56. The highest BCUT2D eigenvalue weighted by Gasteiger charge is 2.42. The minimum Gasteiger partial charge on any atom is -0.507 e. The van der Waals surface area contributed by atoms with Gasteiger partial charge in [0.15, 0.2) is 0 Å². The fourth-order valence-corrected chi connectivity index (χ4v) is 5.38. The van der Waals surface area contributed by atoms with Gasteiger partial charge < -0.3 is 19.5 Å². The van der Waals surface area contributed by atoms with Crippen LogP contribution in [0.2, 0.25) is 5.02 Å². The Hall–Kier alpha value is -4.75. The van der Waals surface area contributed by atoms with E-state index in [1.165, 1.54) is 6.07 Å². The van der Waals surface area contributed by atoms with Gasteiger partial charge in [-0.25, -0.2) is 0 Å². The molecule has 1 unspecified atom stereocenters. The van der Waals surface area contributed by atoms with E-state index in [-0.39, 0.29) is 11.7 Å². The number of aromatic nitrogens is 2. The van der Waals surface area contributed by atoms with E-state index in [4.69, 9.17) is 21.1 Å². The first-order chi connectivity index (χ1) is 20.0. The number of rotatable bonds is 9. The zero-order valence-electron chi connectivity index (χ0n) is 22.4. The molecular formula is C33H28ClN3O4. The van der Waals surface area contributed by atoms with Crippen molar-refractivity contribution in [2.24, 2.45) is 0 Å². The molecule has 206 valence electrons. The summed E-state index contributed by atoms with van der Waals surface area (Å²) in [5, 5.41) is 18.5. The first kappa shape index (κ1) is 26.5. The fraction of sp³-hybridized carbons (Fsp3) is 0.152. The molecule has 0 saturated carbocycles. The topological polar surface area (TPSA) is 87.7 Å². The number of carbonyl (C=O) groups is 1. The van der Waals surface area contributed by atoms with Gasteiger partial charge in [0, 0.05) is 22.7 Å². The van der Waals surface area contributed by atoms with Crippen LogP contribution < -0.4 is 9.47 Å². The van der Waals surface area contributed by atoms with Crippen molar-refractivity contribution in [3.05, 3.63) is 130 Å². The van der Waals surface area contributed by atoms with E-state index < -0.39 is 6.04 Å². The van der Waals surface area contributed by atoms with Gasteiger partial charge in [-0.15, -0.1) is 0 Å². The molecule has 1 amide bonds. The Morgan fingerprint density at radius 3 is 2.39 bits per heavy atom. The molecule has 0 aliphatic carbocycles. The van der Waals surface area contributed by atoms with Crippen LogP contribution in [0.15, 0.2) is 97.1 Å². The van der Waals surface area contributed by atoms with E-state index in [0.717, 1.165) is 28.2 Å². The zero-order chi connectivity index (χ0) is 28.3. The van der Waals surface area contributed by atoms with Gasteiger partial charge in [0.05, 0.1) is 13.2 Å². The highest BCUT2D eigenvalue weighted by atomic mass is 35.5. The Balaban J connectivity index is 1.33. The number of nitrogens with one attached hydrogen (secondary N) is 1. The summed E-state index contributed by atoms with van der Waals surface area (Å²) in [5.74, 6) is 1.40. The van der Waals surface area contributed by atoms with Crippen LogP contribution in [0.5, 0.6) is 17.2 Å². The Kier molecular flexibility index (Phi) is 7.35. The molecule has 0 bridgehead atoms. The summed E-state index contributed by atoms with van der Waals surface area (Å²) in [4.78, 5) is 15.6. The Morgan fingerprint density at radius 1 is 0.927 bits per heavy atom. The lowest BCUT2D eigenvalue weighted by molar-refractivity contribution is 0.0746. The molecule has 1 aliphatic heterocycles. The molecule has 0 radical (unpaired) electrons. The summed E-state index contributed by atoms with van der Waals surface area (Å²) in [5.41, 5.74) is 5.15. The van der Waals surface area contributed by atoms with Crippen LogP contribution in [-0.4, -0.2) is 39.8 Å². The van der Waals surface area contributed by atoms with E-state index >= 15 is 0 Å². The number of ether oxygens (including phenoxy) is 2. The SMILES string of the molecule is COc1ccc(CCN2C(=O)c3[nH]nc(-c4cc(Cl)ccc4O)c3C2c2ccc(OCc3ccccc3)cc2)cc1. The van der Waals surface area contributed by atoms with Gasteiger partial charge in [0.2, 0.25) is 0 Å². The van der Waals surface area contributed by atoms with Crippen molar-refractivity contribution >= 4 is 17.5 Å². The number of phenolic OH excluding ortho intramolecular Hbond substituents is 1. The maximum atomic E-state index is 13.7. The zero-order valence-corrected chi connectivity index (χ0v) is 23.1. The summed E-state index contributed by atoms with van der Waals surface area (Å²) in [6.07, 6.45) is 0.653. The summed E-state index contributed by atoms with van der Waals surface area (Å²) < 4.78 is 11.3. The monoisotopic (exact) mass is 565 g/mol. The van der Waals surface area contributed by atoms with Crippen molar-refractivity contribution in [2.45, 2.75) is 19.1 Å². The van der Waals surface area contributed by atoms with Crippen molar-refractivity contribution in [2.75, 3.05) is 13.7 Å². The molecule has 8 heteroatoms. The molecule has 0 saturated heterocycles. The van der Waals surface area contributed by atoms with Crippen LogP contribution in [-0.2, 0) is 13.0 Å². The lowest BCUT2D eigenvalue weighted by atomic mass is 9.95. The predicted octanol–water partition coefficient (Wildman–Crippen LogP) is 6.81. The largest absolute Gasteiger partial charge is 0.507 e. The molecule has 5 aromatic rings. The van der Waals surface area contributed by atoms with Gasteiger partial charge in [-0.1, -0.05) is 66.2 Å². The first-order valence-electron chi connectivity index (χ1n) is 13.3. The normalized spacial score (nSPS) is 14.2. The summed E-state index contributed by atoms with van der Waals surface area (Å²) >= 11 is 6.28. The van der Waals surface area contributed by atoms with Gasteiger partial charge in [0.1, 0.15) is 35.2 Å². The van der Waals surface area contributed by atoms with E-state index in [2.05, 4.69) is 10.2 Å². The maximum Gasteiger partial charge on any atom is 0.273 e. The fourth-order valence-electron chi connectivity index (χ4n) is 5.21. The number of H-pyrrole nitrogens is 1. The third-order valence-electron chi connectivity index (χ3n) is 7.32. The number of nitrogens with zero attached hydrogens (tertiary/aromatic N) is 2. The summed E-state index contributed by atoms with van der Waals surface area (Å²) in [6, 6.07) is 30.0. The highest BCUT2D eigenvalue weighted by molar-refractivity contribution is 6.31. The number of hydrogen-bond donors (Lipinski definition) is 2. The number of amides is 1. The summed E-state index contributed by atoms with van der Waals surface area (Å²) in [6.45, 7) is 0.936. The second-order valence-corrected chi connectivity index (χ2v) is 10.3. The number of methoxy groups -OCH3 is 1. The second kappa shape index (κ2) is 11.4. The number of aromatic hydroxyl groups is 1. The molecule has 2 heterocycles. The molecule has 0 fully saturated rings. The van der Waals surface area contributed by atoms with Gasteiger partial charge in [-0.2, -0.15) is 5.10 Å². The highest BCUT2D eigenvalue weighted by Crippen LogP contribution is 2.45. The molecule has 6 rings (SSSR count). The van der Waals surface area contributed by atoms with Crippen molar-refractivity contribution in [1.82, 2.24) is 15.1 Å². The quantitative estimate of drug-likeness (QED) is 0.205. The van der Waals surface area contributed by atoms with Crippen LogP contribution in [0.1, 0.15) is 38.8 Å². The van der Waals surface area contributed by atoms with E-state index in [1.807, 2.05) is 83.8 Å².